The zero-order valence-electron chi connectivity index (χ0n) is 14.5. The first-order valence-corrected chi connectivity index (χ1v) is 9.31. The van der Waals surface area contributed by atoms with Gasteiger partial charge in [-0.05, 0) is 59.8 Å². The topological polar surface area (TPSA) is 66.5 Å². The third kappa shape index (κ3) is 5.18. The minimum Gasteiger partial charge on any atom is -0.325 e. The first kappa shape index (κ1) is 20.9. The largest absolute Gasteiger partial charge is 0.416 e. The van der Waals surface area contributed by atoms with Gasteiger partial charge < -0.3 is 5.32 Å². The number of hydrogen-bond acceptors (Lipinski definition) is 4. The summed E-state index contributed by atoms with van der Waals surface area (Å²) in [7, 11) is 0. The monoisotopic (exact) mass is 440 g/mol. The van der Waals surface area contributed by atoms with Crippen molar-refractivity contribution < 1.29 is 27.6 Å². The predicted octanol–water partition coefficient (Wildman–Crippen LogP) is 5.03. The van der Waals surface area contributed by atoms with Gasteiger partial charge in [-0.2, -0.15) is 13.2 Å². The molecule has 0 unspecified atom stereocenters. The van der Waals surface area contributed by atoms with Crippen molar-refractivity contribution in [2.45, 2.75) is 6.18 Å². The van der Waals surface area contributed by atoms with Crippen molar-refractivity contribution >= 4 is 52.2 Å². The van der Waals surface area contributed by atoms with E-state index in [9.17, 15) is 27.6 Å². The van der Waals surface area contributed by atoms with Crippen LogP contribution in [0.3, 0.4) is 0 Å². The summed E-state index contributed by atoms with van der Waals surface area (Å²) in [6, 6.07) is 10.4. The van der Waals surface area contributed by atoms with Crippen molar-refractivity contribution in [1.29, 1.82) is 0 Å². The number of halogens is 4. The molecular weight excluding hydrogens is 429 g/mol. The van der Waals surface area contributed by atoms with Crippen molar-refractivity contribution in [1.82, 2.24) is 4.90 Å². The Labute approximate surface area is 172 Å². The molecule has 10 heteroatoms. The van der Waals surface area contributed by atoms with Gasteiger partial charge in [-0.1, -0.05) is 23.7 Å². The fourth-order valence-electron chi connectivity index (χ4n) is 2.43. The Balaban J connectivity index is 1.68. The lowest BCUT2D eigenvalue weighted by atomic mass is 10.1. The summed E-state index contributed by atoms with van der Waals surface area (Å²) in [5.74, 6) is -1.27. The lowest BCUT2D eigenvalue weighted by molar-refractivity contribution is -0.137. The third-order valence-corrected chi connectivity index (χ3v) is 5.00. The van der Waals surface area contributed by atoms with Crippen LogP contribution in [0.25, 0.3) is 6.08 Å². The van der Waals surface area contributed by atoms with E-state index in [4.69, 9.17) is 11.6 Å². The highest BCUT2D eigenvalue weighted by atomic mass is 35.5. The van der Waals surface area contributed by atoms with E-state index in [0.29, 0.717) is 28.0 Å². The molecule has 1 fully saturated rings. The summed E-state index contributed by atoms with van der Waals surface area (Å²) in [6.07, 6.45) is -3.16. The SMILES string of the molecule is O=C(CN1C(=O)S/C(=C\c2ccc(C(F)(F)F)cc2)C1=O)Nc1ccc(Cl)cc1. The van der Waals surface area contributed by atoms with Crippen molar-refractivity contribution in [2.75, 3.05) is 11.9 Å². The van der Waals surface area contributed by atoms with Gasteiger partial charge in [0.05, 0.1) is 10.5 Å². The molecule has 3 amide bonds. The Morgan fingerprint density at radius 1 is 1.07 bits per heavy atom. The zero-order valence-corrected chi connectivity index (χ0v) is 16.1. The third-order valence-electron chi connectivity index (χ3n) is 3.84. The summed E-state index contributed by atoms with van der Waals surface area (Å²) in [5.41, 5.74) is -0.0394. The summed E-state index contributed by atoms with van der Waals surface area (Å²) in [6.45, 7) is -0.488. The maximum absolute atomic E-state index is 12.6. The molecule has 1 saturated heterocycles. The highest BCUT2D eigenvalue weighted by Crippen LogP contribution is 2.33. The summed E-state index contributed by atoms with van der Waals surface area (Å²) >= 11 is 6.38. The second-order valence-corrected chi connectivity index (χ2v) is 7.37. The lowest BCUT2D eigenvalue weighted by Gasteiger charge is -2.12. The molecular formula is C19H12ClF3N2O3S. The number of thioether (sulfide) groups is 1. The molecule has 0 radical (unpaired) electrons. The Morgan fingerprint density at radius 3 is 2.28 bits per heavy atom. The molecule has 2 aromatic rings. The Bertz CT molecular complexity index is 989. The van der Waals surface area contributed by atoms with Crippen LogP contribution in [0.15, 0.2) is 53.4 Å². The first-order chi connectivity index (χ1) is 13.6. The zero-order chi connectivity index (χ0) is 21.2. The minimum atomic E-state index is -4.46. The molecule has 5 nitrogen and oxygen atoms in total. The van der Waals surface area contributed by atoms with Gasteiger partial charge in [0.25, 0.3) is 11.1 Å². The van der Waals surface area contributed by atoms with Gasteiger partial charge in [0, 0.05) is 10.7 Å². The van der Waals surface area contributed by atoms with Crippen LogP contribution in [0.1, 0.15) is 11.1 Å². The van der Waals surface area contributed by atoms with E-state index in [-0.39, 0.29) is 4.91 Å². The fourth-order valence-corrected chi connectivity index (χ4v) is 3.40. The number of nitrogens with zero attached hydrogens (tertiary/aromatic N) is 1. The van der Waals surface area contributed by atoms with E-state index in [1.54, 1.807) is 24.3 Å². The molecule has 0 atom stereocenters. The maximum Gasteiger partial charge on any atom is 0.416 e. The minimum absolute atomic E-state index is 0.0223. The van der Waals surface area contributed by atoms with E-state index >= 15 is 0 Å². The maximum atomic E-state index is 12.6. The number of carbonyl (C=O) groups excluding carboxylic acids is 3. The number of alkyl halides is 3. The van der Waals surface area contributed by atoms with Gasteiger partial charge in [0.1, 0.15) is 6.54 Å². The lowest BCUT2D eigenvalue weighted by Crippen LogP contribution is -2.36. The molecule has 0 aliphatic carbocycles. The van der Waals surface area contributed by atoms with Gasteiger partial charge in [-0.25, -0.2) is 0 Å². The molecule has 29 heavy (non-hydrogen) atoms. The van der Waals surface area contributed by atoms with Crippen LogP contribution >= 0.6 is 23.4 Å². The molecule has 1 aliphatic heterocycles. The Morgan fingerprint density at radius 2 is 1.69 bits per heavy atom. The van der Waals surface area contributed by atoms with Crippen LogP contribution in [-0.4, -0.2) is 28.5 Å². The van der Waals surface area contributed by atoms with Crippen molar-refractivity contribution in [3.8, 4) is 0 Å². The quantitative estimate of drug-likeness (QED) is 0.677. The molecule has 2 aromatic carbocycles. The number of rotatable bonds is 4. The normalized spacial score (nSPS) is 15.9. The van der Waals surface area contributed by atoms with Gasteiger partial charge >= 0.3 is 6.18 Å². The average Bonchev–Trinajstić information content (AvgIpc) is 2.91. The number of carbonyl (C=O) groups is 3. The molecule has 0 bridgehead atoms. The molecule has 1 heterocycles. The van der Waals surface area contributed by atoms with E-state index < -0.39 is 35.3 Å². The highest BCUT2D eigenvalue weighted by molar-refractivity contribution is 8.18. The van der Waals surface area contributed by atoms with Crippen LogP contribution in [0.2, 0.25) is 5.02 Å². The van der Waals surface area contributed by atoms with E-state index in [0.717, 1.165) is 17.0 Å². The number of amides is 3. The van der Waals surface area contributed by atoms with E-state index in [1.165, 1.54) is 18.2 Å². The van der Waals surface area contributed by atoms with Crippen LogP contribution < -0.4 is 5.32 Å². The smallest absolute Gasteiger partial charge is 0.325 e. The van der Waals surface area contributed by atoms with Crippen LogP contribution in [0.5, 0.6) is 0 Å². The van der Waals surface area contributed by atoms with Crippen molar-refractivity contribution in [3.05, 3.63) is 69.6 Å². The molecule has 0 spiro atoms. The molecule has 1 N–H and O–H groups in total. The molecule has 1 aliphatic rings. The Kier molecular flexibility index (Phi) is 5.99. The number of nitrogens with one attached hydrogen (secondary N) is 1. The summed E-state index contributed by atoms with van der Waals surface area (Å²) in [4.78, 5) is 37.4. The summed E-state index contributed by atoms with van der Waals surface area (Å²) in [5, 5.41) is 2.39. The predicted molar refractivity (Wildman–Crippen MR) is 104 cm³/mol. The number of benzene rings is 2. The molecule has 0 saturated carbocycles. The first-order valence-electron chi connectivity index (χ1n) is 8.11. The van der Waals surface area contributed by atoms with E-state index in [2.05, 4.69) is 5.32 Å². The summed E-state index contributed by atoms with van der Waals surface area (Å²) < 4.78 is 37.9. The van der Waals surface area contributed by atoms with Gasteiger partial charge in [-0.15, -0.1) is 0 Å². The second kappa shape index (κ2) is 8.30. The number of imide groups is 1. The van der Waals surface area contributed by atoms with Crippen molar-refractivity contribution in [3.63, 3.8) is 0 Å². The van der Waals surface area contributed by atoms with Gasteiger partial charge in [0.15, 0.2) is 0 Å². The average molecular weight is 441 g/mol. The molecule has 0 aromatic heterocycles. The standard InChI is InChI=1S/C19H12ClF3N2O3S/c20-13-5-7-14(8-6-13)24-16(26)10-25-17(27)15(29-18(25)28)9-11-1-3-12(4-2-11)19(21,22)23/h1-9H,10H2,(H,24,26)/b15-9-. The Hall–Kier alpha value is -2.78. The van der Waals surface area contributed by atoms with Gasteiger partial charge in [-0.3, -0.25) is 19.3 Å². The van der Waals surface area contributed by atoms with E-state index in [1.807, 2.05) is 0 Å². The van der Waals surface area contributed by atoms with Crippen LogP contribution in [-0.2, 0) is 15.8 Å². The van der Waals surface area contributed by atoms with Crippen LogP contribution in [0.4, 0.5) is 23.7 Å². The van der Waals surface area contributed by atoms with Gasteiger partial charge in [0.2, 0.25) is 5.91 Å². The highest BCUT2D eigenvalue weighted by Gasteiger charge is 2.36. The fraction of sp³-hybridized carbons (Fsp3) is 0.105. The van der Waals surface area contributed by atoms with Crippen molar-refractivity contribution in [2.24, 2.45) is 0 Å². The number of hydrogen-bond donors (Lipinski definition) is 1. The second-order valence-electron chi connectivity index (χ2n) is 5.94. The molecule has 150 valence electrons. The number of anilines is 1. The molecule has 3 rings (SSSR count). The van der Waals surface area contributed by atoms with Crippen LogP contribution in [0, 0.1) is 0 Å².